The van der Waals surface area contributed by atoms with Gasteiger partial charge in [-0.25, -0.2) is 0 Å². The molecule has 0 radical (unpaired) electrons. The smallest absolute Gasteiger partial charge is 0.401 e. The van der Waals surface area contributed by atoms with E-state index in [1.54, 1.807) is 24.3 Å². The molecule has 112 valence electrons. The van der Waals surface area contributed by atoms with Crippen LogP contribution in [0.4, 0.5) is 13.2 Å². The fraction of sp³-hybridized carbons (Fsp3) is 0.571. The maximum absolute atomic E-state index is 12.7. The van der Waals surface area contributed by atoms with Gasteiger partial charge in [0.05, 0.1) is 13.7 Å². The van der Waals surface area contributed by atoms with E-state index in [9.17, 15) is 13.2 Å². The Morgan fingerprint density at radius 2 is 2.10 bits per heavy atom. The first-order valence-electron chi connectivity index (χ1n) is 6.61. The first kappa shape index (κ1) is 15.1. The summed E-state index contributed by atoms with van der Waals surface area (Å²) in [4.78, 5) is 1.47. The van der Waals surface area contributed by atoms with Crippen LogP contribution in [-0.4, -0.2) is 37.3 Å². The monoisotopic (exact) mass is 288 g/mol. The Hall–Kier alpha value is -1.27. The lowest BCUT2D eigenvalue weighted by Gasteiger charge is -2.32. The number of hydrogen-bond acceptors (Lipinski definition) is 3. The summed E-state index contributed by atoms with van der Waals surface area (Å²) in [5, 5.41) is 0. The van der Waals surface area contributed by atoms with Gasteiger partial charge in [0.15, 0.2) is 0 Å². The molecule has 1 aromatic rings. The molecule has 0 heterocycles. The average molecular weight is 288 g/mol. The Kier molecular flexibility index (Phi) is 4.55. The summed E-state index contributed by atoms with van der Waals surface area (Å²) in [6.07, 6.45) is -2.61. The van der Waals surface area contributed by atoms with E-state index in [-0.39, 0.29) is 12.6 Å². The Labute approximate surface area is 116 Å². The zero-order valence-corrected chi connectivity index (χ0v) is 11.4. The van der Waals surface area contributed by atoms with Crippen molar-refractivity contribution < 1.29 is 17.9 Å². The minimum atomic E-state index is -4.21. The van der Waals surface area contributed by atoms with E-state index in [4.69, 9.17) is 10.5 Å². The van der Waals surface area contributed by atoms with Crippen LogP contribution in [0.25, 0.3) is 0 Å². The summed E-state index contributed by atoms with van der Waals surface area (Å²) in [6, 6.07) is 6.64. The van der Waals surface area contributed by atoms with E-state index in [1.807, 2.05) is 0 Å². The number of hydrogen-bond donors (Lipinski definition) is 1. The van der Waals surface area contributed by atoms with Crippen molar-refractivity contribution in [3.8, 4) is 5.75 Å². The molecule has 1 atom stereocenters. The van der Waals surface area contributed by atoms with Crippen molar-refractivity contribution in [3.63, 3.8) is 0 Å². The van der Waals surface area contributed by atoms with Crippen molar-refractivity contribution in [3.05, 3.63) is 29.8 Å². The number of nitrogens with two attached hydrogens (primary N) is 1. The Balaban J connectivity index is 2.23. The molecule has 3 nitrogen and oxygen atoms in total. The summed E-state index contributed by atoms with van der Waals surface area (Å²) < 4.78 is 43.4. The second-order valence-electron chi connectivity index (χ2n) is 5.05. The fourth-order valence-corrected chi connectivity index (χ4v) is 2.42. The van der Waals surface area contributed by atoms with Crippen LogP contribution in [0.3, 0.4) is 0 Å². The third-order valence-corrected chi connectivity index (χ3v) is 3.48. The van der Waals surface area contributed by atoms with Gasteiger partial charge in [0, 0.05) is 18.6 Å². The van der Waals surface area contributed by atoms with Crippen LogP contribution >= 0.6 is 0 Å². The minimum Gasteiger partial charge on any atom is -0.497 e. The minimum absolute atomic E-state index is 0.0172. The van der Waals surface area contributed by atoms with Crippen LogP contribution in [0.2, 0.25) is 0 Å². The summed E-state index contributed by atoms with van der Waals surface area (Å²) in [5.41, 5.74) is 6.50. The molecule has 1 fully saturated rings. The first-order valence-corrected chi connectivity index (χ1v) is 6.61. The molecule has 0 bridgehead atoms. The van der Waals surface area contributed by atoms with E-state index in [0.717, 1.165) is 18.4 Å². The zero-order valence-electron chi connectivity index (χ0n) is 11.4. The quantitative estimate of drug-likeness (QED) is 0.874. The van der Waals surface area contributed by atoms with Crippen LogP contribution in [0, 0.1) is 0 Å². The zero-order chi connectivity index (χ0) is 14.8. The normalized spacial score (nSPS) is 17.3. The van der Waals surface area contributed by atoms with Crippen molar-refractivity contribution in [2.45, 2.75) is 31.1 Å². The molecule has 1 aliphatic rings. The topological polar surface area (TPSA) is 38.5 Å². The Bertz CT molecular complexity index is 446. The molecule has 20 heavy (non-hydrogen) atoms. The van der Waals surface area contributed by atoms with Crippen molar-refractivity contribution in [2.24, 2.45) is 5.73 Å². The second-order valence-corrected chi connectivity index (χ2v) is 5.05. The maximum Gasteiger partial charge on any atom is 0.401 e. The molecule has 2 N–H and O–H groups in total. The standard InChI is InChI=1S/C14H19F3N2O/c1-20-12-4-2-3-10(7-12)13(8-18)19(11-5-6-11)9-14(15,16)17/h2-4,7,11,13H,5-6,8-9,18H2,1H3. The van der Waals surface area contributed by atoms with Gasteiger partial charge in [0.1, 0.15) is 5.75 Å². The van der Waals surface area contributed by atoms with Gasteiger partial charge in [-0.15, -0.1) is 0 Å². The number of methoxy groups -OCH3 is 1. The van der Waals surface area contributed by atoms with Crippen molar-refractivity contribution in [1.29, 1.82) is 0 Å². The van der Waals surface area contributed by atoms with Gasteiger partial charge in [0.2, 0.25) is 0 Å². The van der Waals surface area contributed by atoms with Crippen molar-refractivity contribution in [1.82, 2.24) is 4.90 Å². The molecular weight excluding hydrogens is 269 g/mol. The molecular formula is C14H19F3N2O. The fourth-order valence-electron chi connectivity index (χ4n) is 2.42. The van der Waals surface area contributed by atoms with Crippen LogP contribution in [0.15, 0.2) is 24.3 Å². The molecule has 0 saturated heterocycles. The van der Waals surface area contributed by atoms with Crippen molar-refractivity contribution in [2.75, 3.05) is 20.2 Å². The Morgan fingerprint density at radius 1 is 1.40 bits per heavy atom. The van der Waals surface area contributed by atoms with Gasteiger partial charge in [-0.05, 0) is 30.5 Å². The summed E-state index contributed by atoms with van der Waals surface area (Å²) in [7, 11) is 1.53. The van der Waals surface area contributed by atoms with E-state index >= 15 is 0 Å². The number of nitrogens with zero attached hydrogens (tertiary/aromatic N) is 1. The molecule has 6 heteroatoms. The highest BCUT2D eigenvalue weighted by Gasteiger charge is 2.41. The highest BCUT2D eigenvalue weighted by molar-refractivity contribution is 5.31. The molecule has 1 aliphatic carbocycles. The molecule has 1 aromatic carbocycles. The molecule has 2 rings (SSSR count). The predicted octanol–water partition coefficient (Wildman–Crippen LogP) is 2.72. The number of halogens is 3. The average Bonchev–Trinajstić information content (AvgIpc) is 3.21. The van der Waals surface area contributed by atoms with Gasteiger partial charge in [0.25, 0.3) is 0 Å². The molecule has 0 aromatic heterocycles. The number of ether oxygens (including phenoxy) is 1. The third-order valence-electron chi connectivity index (χ3n) is 3.48. The lowest BCUT2D eigenvalue weighted by Crippen LogP contribution is -2.41. The Morgan fingerprint density at radius 3 is 2.60 bits per heavy atom. The molecule has 1 unspecified atom stereocenters. The second kappa shape index (κ2) is 6.01. The van der Waals surface area contributed by atoms with E-state index in [0.29, 0.717) is 5.75 Å². The van der Waals surface area contributed by atoms with Crippen LogP contribution in [0.5, 0.6) is 5.75 Å². The summed E-state index contributed by atoms with van der Waals surface area (Å²) in [6.45, 7) is -0.767. The lowest BCUT2D eigenvalue weighted by molar-refractivity contribution is -0.152. The summed E-state index contributed by atoms with van der Waals surface area (Å²) in [5.74, 6) is 0.628. The molecule has 0 spiro atoms. The van der Waals surface area contributed by atoms with Gasteiger partial charge in [-0.2, -0.15) is 13.2 Å². The van der Waals surface area contributed by atoms with Crippen LogP contribution in [-0.2, 0) is 0 Å². The number of rotatable bonds is 6. The lowest BCUT2D eigenvalue weighted by atomic mass is 10.0. The predicted molar refractivity (Wildman–Crippen MR) is 70.6 cm³/mol. The largest absolute Gasteiger partial charge is 0.497 e. The molecule has 0 aliphatic heterocycles. The van der Waals surface area contributed by atoms with E-state index < -0.39 is 18.8 Å². The van der Waals surface area contributed by atoms with Gasteiger partial charge < -0.3 is 10.5 Å². The highest BCUT2D eigenvalue weighted by Crippen LogP contribution is 2.37. The van der Waals surface area contributed by atoms with Gasteiger partial charge >= 0.3 is 6.18 Å². The van der Waals surface area contributed by atoms with Crippen molar-refractivity contribution >= 4 is 0 Å². The number of benzene rings is 1. The summed E-state index contributed by atoms with van der Waals surface area (Å²) >= 11 is 0. The third kappa shape index (κ3) is 3.86. The SMILES string of the molecule is COc1cccc(C(CN)N(CC(F)(F)F)C2CC2)c1. The van der Waals surface area contributed by atoms with E-state index in [2.05, 4.69) is 0 Å². The highest BCUT2D eigenvalue weighted by atomic mass is 19.4. The molecule has 0 amide bonds. The number of alkyl halides is 3. The van der Waals surface area contributed by atoms with Gasteiger partial charge in [-0.3, -0.25) is 4.90 Å². The van der Waals surface area contributed by atoms with Crippen LogP contribution in [0.1, 0.15) is 24.4 Å². The molecule has 1 saturated carbocycles. The van der Waals surface area contributed by atoms with Gasteiger partial charge in [-0.1, -0.05) is 12.1 Å². The van der Waals surface area contributed by atoms with Crippen LogP contribution < -0.4 is 10.5 Å². The maximum atomic E-state index is 12.7. The first-order chi connectivity index (χ1) is 9.44. The van der Waals surface area contributed by atoms with E-state index in [1.165, 1.54) is 12.0 Å².